The van der Waals surface area contributed by atoms with E-state index in [9.17, 15) is 39.6 Å². The summed E-state index contributed by atoms with van der Waals surface area (Å²) in [5.41, 5.74) is 9.81. The summed E-state index contributed by atoms with van der Waals surface area (Å²) < 4.78 is 0. The van der Waals surface area contributed by atoms with Gasteiger partial charge in [0.2, 0.25) is 0 Å². The van der Waals surface area contributed by atoms with Gasteiger partial charge in [0.15, 0.2) is 0 Å². The van der Waals surface area contributed by atoms with Gasteiger partial charge in [-0.15, -0.1) is 0 Å². The van der Waals surface area contributed by atoms with Crippen molar-refractivity contribution in [2.45, 2.75) is 25.7 Å². The smallest absolute Gasteiger partial charge is 0.550 e. The third-order valence-electron chi connectivity index (χ3n) is 1.23. The van der Waals surface area contributed by atoms with Crippen LogP contribution >= 0.6 is 0 Å². The van der Waals surface area contributed by atoms with E-state index >= 15 is 0 Å². The maximum atomic E-state index is 9.50. The maximum Gasteiger partial charge on any atom is 1.00 e. The summed E-state index contributed by atoms with van der Waals surface area (Å²) >= 11 is 0. The van der Waals surface area contributed by atoms with Crippen LogP contribution in [0.1, 0.15) is 25.7 Å². The molecule has 4 N–H and O–H groups in total. The van der Waals surface area contributed by atoms with Crippen LogP contribution < -0.4 is 150 Å². The zero-order valence-electron chi connectivity index (χ0n) is 14.7. The second kappa shape index (κ2) is 35.8. The zero-order chi connectivity index (χ0) is 16.6. The molecule has 0 radical (unpaired) electrons. The number of hydrogen-bond donors (Lipinski definition) is 2. The van der Waals surface area contributed by atoms with E-state index in [1.165, 1.54) is 0 Å². The van der Waals surface area contributed by atoms with Crippen molar-refractivity contribution in [2.75, 3.05) is 13.1 Å². The SMILES string of the molecule is NCCN.O=C([O-])CCC(=O)[O-].O=C([O-])CCC(=O)[O-].[Na+].[Na+].[Na+].[Na+]. The Kier molecular flexibility index (Phi) is 67.0. The molecular formula is C10H16N2Na4O8. The first-order chi connectivity index (χ1) is 9.17. The molecule has 14 heteroatoms. The van der Waals surface area contributed by atoms with Crippen LogP contribution in [-0.2, 0) is 19.2 Å². The number of rotatable bonds is 7. The van der Waals surface area contributed by atoms with Crippen molar-refractivity contribution in [3.63, 3.8) is 0 Å². The predicted molar refractivity (Wildman–Crippen MR) is 56.6 cm³/mol. The summed E-state index contributed by atoms with van der Waals surface area (Å²) in [5, 5.41) is 38.0. The molecule has 0 unspecified atom stereocenters. The molecule has 0 spiro atoms. The first-order valence-electron chi connectivity index (χ1n) is 5.36. The van der Waals surface area contributed by atoms with E-state index in [1.54, 1.807) is 0 Å². The quantitative estimate of drug-likeness (QED) is 0.395. The third kappa shape index (κ3) is 75.5. The van der Waals surface area contributed by atoms with E-state index < -0.39 is 49.6 Å². The Labute approximate surface area is 228 Å². The molecule has 0 aromatic carbocycles. The third-order valence-corrected chi connectivity index (χ3v) is 1.23. The Hall–Kier alpha value is 1.80. The Bertz CT molecular complexity index is 263. The molecule has 0 saturated heterocycles. The topological polar surface area (TPSA) is 213 Å². The molecule has 0 heterocycles. The van der Waals surface area contributed by atoms with Crippen LogP contribution in [0.25, 0.3) is 0 Å². The molecule has 0 aliphatic heterocycles. The standard InChI is InChI=1S/2C4H6O4.C2H8N2.4Na/c2*5-3(6)1-2-4(7)8;3-1-2-4;;;;/h2*1-2H2,(H,5,6)(H,7,8);1-4H2;;;;/q;;;4*+1/p-4. The minimum atomic E-state index is -1.37. The van der Waals surface area contributed by atoms with Gasteiger partial charge in [0.25, 0.3) is 0 Å². The summed E-state index contributed by atoms with van der Waals surface area (Å²) in [6, 6.07) is 0. The van der Waals surface area contributed by atoms with Crippen LogP contribution in [-0.4, -0.2) is 37.0 Å². The fourth-order valence-corrected chi connectivity index (χ4v) is 0.408. The number of nitrogens with two attached hydrogens (primary N) is 2. The molecule has 0 amide bonds. The summed E-state index contributed by atoms with van der Waals surface area (Å²) in [6.45, 7) is 1.19. The van der Waals surface area contributed by atoms with Crippen molar-refractivity contribution in [1.29, 1.82) is 0 Å². The fraction of sp³-hybridized carbons (Fsp3) is 0.600. The van der Waals surface area contributed by atoms with Gasteiger partial charge in [-0.05, 0) is 25.7 Å². The maximum absolute atomic E-state index is 9.50. The largest absolute Gasteiger partial charge is 1.00 e. The predicted octanol–water partition coefficient (Wildman–Crippen LogP) is -18.5. The first kappa shape index (κ1) is 44.9. The van der Waals surface area contributed by atoms with Crippen LogP contribution in [0.5, 0.6) is 0 Å². The number of carbonyl (C=O) groups is 4. The van der Waals surface area contributed by atoms with E-state index in [2.05, 4.69) is 0 Å². The molecule has 0 saturated carbocycles. The number of hydrogen-bond acceptors (Lipinski definition) is 10. The van der Waals surface area contributed by atoms with Crippen LogP contribution in [0, 0.1) is 0 Å². The summed E-state index contributed by atoms with van der Waals surface area (Å²) in [6.07, 6.45) is -1.88. The van der Waals surface area contributed by atoms with Gasteiger partial charge in [0.1, 0.15) is 0 Å². The number of carboxylic acids is 4. The average Bonchev–Trinajstić information content (AvgIpc) is 2.35. The van der Waals surface area contributed by atoms with E-state index in [1.807, 2.05) is 0 Å². The molecule has 0 bridgehead atoms. The molecule has 0 atom stereocenters. The molecule has 0 fully saturated rings. The molecule has 10 nitrogen and oxygen atoms in total. The van der Waals surface area contributed by atoms with E-state index in [0.29, 0.717) is 13.1 Å². The zero-order valence-corrected chi connectivity index (χ0v) is 22.7. The van der Waals surface area contributed by atoms with Crippen LogP contribution in [0.2, 0.25) is 0 Å². The van der Waals surface area contributed by atoms with Crippen molar-refractivity contribution < 1.29 is 158 Å². The van der Waals surface area contributed by atoms with Crippen LogP contribution in [0.4, 0.5) is 0 Å². The molecular weight excluding hydrogens is 368 g/mol. The van der Waals surface area contributed by atoms with Crippen LogP contribution in [0.3, 0.4) is 0 Å². The minimum Gasteiger partial charge on any atom is -0.550 e. The molecule has 0 aliphatic carbocycles. The van der Waals surface area contributed by atoms with Gasteiger partial charge in [0.05, 0.1) is 0 Å². The Balaban J connectivity index is -0.0000000348. The molecule has 0 rings (SSSR count). The number of carboxylic acid groups (broad SMARTS) is 4. The molecule has 24 heavy (non-hydrogen) atoms. The van der Waals surface area contributed by atoms with Gasteiger partial charge in [-0.3, -0.25) is 0 Å². The van der Waals surface area contributed by atoms with Crippen molar-refractivity contribution >= 4 is 23.9 Å². The van der Waals surface area contributed by atoms with Gasteiger partial charge in [0, 0.05) is 37.0 Å². The summed E-state index contributed by atoms with van der Waals surface area (Å²) in [4.78, 5) is 38.0. The van der Waals surface area contributed by atoms with Crippen molar-refractivity contribution in [3.8, 4) is 0 Å². The second-order valence-electron chi connectivity index (χ2n) is 3.07. The number of aliphatic carboxylic acids is 4. The summed E-state index contributed by atoms with van der Waals surface area (Å²) in [5.74, 6) is -5.47. The average molecular weight is 384 g/mol. The minimum absolute atomic E-state index is 0. The van der Waals surface area contributed by atoms with E-state index in [4.69, 9.17) is 11.5 Å². The normalized spacial score (nSPS) is 6.92. The Morgan fingerprint density at radius 2 is 0.625 bits per heavy atom. The van der Waals surface area contributed by atoms with Gasteiger partial charge in [-0.1, -0.05) is 0 Å². The molecule has 118 valence electrons. The van der Waals surface area contributed by atoms with Crippen molar-refractivity contribution in [3.05, 3.63) is 0 Å². The molecule has 0 aromatic heterocycles. The Morgan fingerprint density at radius 1 is 0.500 bits per heavy atom. The van der Waals surface area contributed by atoms with Gasteiger partial charge < -0.3 is 51.1 Å². The van der Waals surface area contributed by atoms with Gasteiger partial charge in [-0.25, -0.2) is 0 Å². The second-order valence-corrected chi connectivity index (χ2v) is 3.07. The first-order valence-corrected chi connectivity index (χ1v) is 5.36. The monoisotopic (exact) mass is 384 g/mol. The summed E-state index contributed by atoms with van der Waals surface area (Å²) in [7, 11) is 0. The van der Waals surface area contributed by atoms with Crippen molar-refractivity contribution in [1.82, 2.24) is 0 Å². The Morgan fingerprint density at radius 3 is 0.667 bits per heavy atom. The van der Waals surface area contributed by atoms with E-state index in [-0.39, 0.29) is 118 Å². The fourth-order valence-electron chi connectivity index (χ4n) is 0.408. The van der Waals surface area contributed by atoms with Gasteiger partial charge >= 0.3 is 118 Å². The van der Waals surface area contributed by atoms with Crippen LogP contribution in [0.15, 0.2) is 0 Å². The number of carbonyl (C=O) groups excluding carboxylic acids is 4. The van der Waals surface area contributed by atoms with Gasteiger partial charge in [-0.2, -0.15) is 0 Å². The van der Waals surface area contributed by atoms with Crippen molar-refractivity contribution in [2.24, 2.45) is 11.5 Å². The molecule has 0 aliphatic rings. The van der Waals surface area contributed by atoms with E-state index in [0.717, 1.165) is 0 Å². The molecule has 0 aromatic rings.